The Balaban J connectivity index is 2.48. The van der Waals surface area contributed by atoms with Crippen molar-refractivity contribution in [1.29, 1.82) is 0 Å². The predicted molar refractivity (Wildman–Crippen MR) is 63.0 cm³/mol. The third-order valence-corrected chi connectivity index (χ3v) is 2.33. The van der Waals surface area contributed by atoms with Gasteiger partial charge in [0.2, 0.25) is 0 Å². The Hall–Kier alpha value is -2.14. The van der Waals surface area contributed by atoms with Gasteiger partial charge in [0.1, 0.15) is 12.7 Å². The van der Waals surface area contributed by atoms with E-state index in [1.54, 1.807) is 22.8 Å². The molecule has 0 spiro atoms. The lowest BCUT2D eigenvalue weighted by atomic mass is 10.1. The van der Waals surface area contributed by atoms with Gasteiger partial charge in [0, 0.05) is 16.7 Å². The normalized spacial score (nSPS) is 10.9. The van der Waals surface area contributed by atoms with Gasteiger partial charge in [0.25, 0.3) is 0 Å². The van der Waals surface area contributed by atoms with Crippen molar-refractivity contribution >= 4 is 23.6 Å². The SMILES string of the molecule is O=C(O)C=Cc1cc(Cl)ccc1-n1cnnc1. The first-order valence-electron chi connectivity index (χ1n) is 4.72. The van der Waals surface area contributed by atoms with E-state index in [0.29, 0.717) is 10.6 Å². The highest BCUT2D eigenvalue weighted by Gasteiger charge is 2.03. The summed E-state index contributed by atoms with van der Waals surface area (Å²) >= 11 is 5.87. The minimum atomic E-state index is -1.01. The molecule has 1 aromatic carbocycles. The van der Waals surface area contributed by atoms with E-state index in [9.17, 15) is 4.79 Å². The molecule has 86 valence electrons. The second-order valence-corrected chi connectivity index (χ2v) is 3.68. The largest absolute Gasteiger partial charge is 0.478 e. The Morgan fingerprint density at radius 3 is 2.71 bits per heavy atom. The average Bonchev–Trinajstić information content (AvgIpc) is 2.80. The fourth-order valence-corrected chi connectivity index (χ4v) is 1.56. The van der Waals surface area contributed by atoms with Crippen LogP contribution in [0, 0.1) is 0 Å². The van der Waals surface area contributed by atoms with Gasteiger partial charge < -0.3 is 5.11 Å². The quantitative estimate of drug-likeness (QED) is 0.845. The second-order valence-electron chi connectivity index (χ2n) is 3.24. The first-order valence-corrected chi connectivity index (χ1v) is 5.10. The number of hydrogen-bond acceptors (Lipinski definition) is 3. The van der Waals surface area contributed by atoms with E-state index in [1.807, 2.05) is 0 Å². The minimum Gasteiger partial charge on any atom is -0.478 e. The molecule has 0 saturated carbocycles. The van der Waals surface area contributed by atoms with Gasteiger partial charge >= 0.3 is 5.97 Å². The zero-order chi connectivity index (χ0) is 12.3. The number of hydrogen-bond donors (Lipinski definition) is 1. The Morgan fingerprint density at radius 2 is 2.06 bits per heavy atom. The molecule has 1 aromatic heterocycles. The van der Waals surface area contributed by atoms with Crippen LogP contribution in [0.3, 0.4) is 0 Å². The van der Waals surface area contributed by atoms with Crippen molar-refractivity contribution in [3.05, 3.63) is 47.5 Å². The molecule has 0 atom stereocenters. The van der Waals surface area contributed by atoms with Gasteiger partial charge in [0.15, 0.2) is 0 Å². The first kappa shape index (κ1) is 11.3. The standard InChI is InChI=1S/C11H8ClN3O2/c12-9-2-3-10(15-6-13-14-7-15)8(5-9)1-4-11(16)17/h1-7H,(H,16,17). The number of benzene rings is 1. The van der Waals surface area contributed by atoms with Crippen LogP contribution in [0.2, 0.25) is 5.02 Å². The molecule has 6 heteroatoms. The zero-order valence-electron chi connectivity index (χ0n) is 8.62. The van der Waals surface area contributed by atoms with Crippen LogP contribution in [0.1, 0.15) is 5.56 Å². The van der Waals surface area contributed by atoms with E-state index in [4.69, 9.17) is 16.7 Å². The molecule has 0 radical (unpaired) electrons. The fourth-order valence-electron chi connectivity index (χ4n) is 1.38. The van der Waals surface area contributed by atoms with E-state index < -0.39 is 5.97 Å². The van der Waals surface area contributed by atoms with Crippen molar-refractivity contribution in [2.75, 3.05) is 0 Å². The lowest BCUT2D eigenvalue weighted by molar-refractivity contribution is -0.131. The molecule has 0 saturated heterocycles. The van der Waals surface area contributed by atoms with Crippen LogP contribution < -0.4 is 0 Å². The van der Waals surface area contributed by atoms with E-state index in [2.05, 4.69) is 10.2 Å². The van der Waals surface area contributed by atoms with Crippen LogP contribution in [0.25, 0.3) is 11.8 Å². The van der Waals surface area contributed by atoms with Crippen molar-refractivity contribution in [2.24, 2.45) is 0 Å². The summed E-state index contributed by atoms with van der Waals surface area (Å²) < 4.78 is 1.68. The maximum absolute atomic E-state index is 10.5. The average molecular weight is 250 g/mol. The molecule has 0 amide bonds. The molecule has 2 rings (SSSR count). The van der Waals surface area contributed by atoms with E-state index >= 15 is 0 Å². The number of aromatic nitrogens is 3. The van der Waals surface area contributed by atoms with Crippen molar-refractivity contribution in [3.63, 3.8) is 0 Å². The topological polar surface area (TPSA) is 68.0 Å². The zero-order valence-corrected chi connectivity index (χ0v) is 9.37. The third-order valence-electron chi connectivity index (χ3n) is 2.09. The number of carboxylic acids is 1. The maximum atomic E-state index is 10.5. The van der Waals surface area contributed by atoms with Crippen molar-refractivity contribution in [3.8, 4) is 5.69 Å². The van der Waals surface area contributed by atoms with Crippen LogP contribution >= 0.6 is 11.6 Å². The second kappa shape index (κ2) is 4.80. The van der Waals surface area contributed by atoms with E-state index in [1.165, 1.54) is 18.7 Å². The molecular formula is C11H8ClN3O2. The highest BCUT2D eigenvalue weighted by atomic mass is 35.5. The van der Waals surface area contributed by atoms with Gasteiger partial charge in [-0.25, -0.2) is 4.79 Å². The van der Waals surface area contributed by atoms with Crippen LogP contribution in [0.15, 0.2) is 36.9 Å². The molecule has 1 heterocycles. The molecule has 0 unspecified atom stereocenters. The Labute approximate surface area is 102 Å². The molecule has 0 aliphatic heterocycles. The van der Waals surface area contributed by atoms with Crippen molar-refractivity contribution < 1.29 is 9.90 Å². The van der Waals surface area contributed by atoms with Crippen molar-refractivity contribution in [2.45, 2.75) is 0 Å². The molecule has 0 bridgehead atoms. The first-order chi connectivity index (χ1) is 8.16. The predicted octanol–water partition coefficient (Wildman–Crippen LogP) is 2.02. The van der Waals surface area contributed by atoms with Crippen molar-refractivity contribution in [1.82, 2.24) is 14.8 Å². The van der Waals surface area contributed by atoms with E-state index in [0.717, 1.165) is 11.8 Å². The van der Waals surface area contributed by atoms with Crippen LogP contribution in [0.4, 0.5) is 0 Å². The van der Waals surface area contributed by atoms with Gasteiger partial charge in [-0.1, -0.05) is 11.6 Å². The molecule has 2 aromatic rings. The number of carbonyl (C=O) groups is 1. The molecule has 0 aliphatic carbocycles. The van der Waals surface area contributed by atoms with Gasteiger partial charge in [-0.2, -0.15) is 0 Å². The fraction of sp³-hybridized carbons (Fsp3) is 0. The summed E-state index contributed by atoms with van der Waals surface area (Å²) in [6.07, 6.45) is 5.59. The maximum Gasteiger partial charge on any atom is 0.328 e. The van der Waals surface area contributed by atoms with Crippen LogP contribution in [-0.2, 0) is 4.79 Å². The smallest absolute Gasteiger partial charge is 0.328 e. The third kappa shape index (κ3) is 2.70. The van der Waals surface area contributed by atoms with Crippen LogP contribution in [-0.4, -0.2) is 25.8 Å². The monoisotopic (exact) mass is 249 g/mol. The summed E-state index contributed by atoms with van der Waals surface area (Å²) in [7, 11) is 0. The van der Waals surface area contributed by atoms with Gasteiger partial charge in [-0.3, -0.25) is 4.57 Å². The van der Waals surface area contributed by atoms with Gasteiger partial charge in [0.05, 0.1) is 5.69 Å². The minimum absolute atomic E-state index is 0.534. The van der Waals surface area contributed by atoms with Gasteiger partial charge in [-0.15, -0.1) is 10.2 Å². The summed E-state index contributed by atoms with van der Waals surface area (Å²) in [5.41, 5.74) is 1.44. The Morgan fingerprint density at radius 1 is 1.35 bits per heavy atom. The number of halogens is 1. The number of aliphatic carboxylic acids is 1. The summed E-state index contributed by atoms with van der Waals surface area (Å²) in [5, 5.41) is 16.5. The summed E-state index contributed by atoms with van der Waals surface area (Å²) in [4.78, 5) is 10.5. The molecule has 5 nitrogen and oxygen atoms in total. The lowest BCUT2D eigenvalue weighted by Crippen LogP contribution is -1.94. The summed E-state index contributed by atoms with van der Waals surface area (Å²) in [5.74, 6) is -1.01. The highest BCUT2D eigenvalue weighted by molar-refractivity contribution is 6.30. The number of rotatable bonds is 3. The van der Waals surface area contributed by atoms with Crippen LogP contribution in [0.5, 0.6) is 0 Å². The Bertz CT molecular complexity index is 564. The summed E-state index contributed by atoms with van der Waals surface area (Å²) in [6, 6.07) is 5.17. The van der Waals surface area contributed by atoms with Gasteiger partial charge in [-0.05, 0) is 24.3 Å². The lowest BCUT2D eigenvalue weighted by Gasteiger charge is -2.06. The molecule has 0 fully saturated rings. The molecule has 1 N–H and O–H groups in total. The highest BCUT2D eigenvalue weighted by Crippen LogP contribution is 2.20. The molecular weight excluding hydrogens is 242 g/mol. The summed E-state index contributed by atoms with van der Waals surface area (Å²) in [6.45, 7) is 0. The molecule has 0 aliphatic rings. The number of nitrogens with zero attached hydrogens (tertiary/aromatic N) is 3. The number of carboxylic acid groups (broad SMARTS) is 1. The Kier molecular flexibility index (Phi) is 3.20. The molecule has 17 heavy (non-hydrogen) atoms. The van der Waals surface area contributed by atoms with E-state index in [-0.39, 0.29) is 0 Å².